The molecule has 1 aromatic carbocycles. The Morgan fingerprint density at radius 1 is 1.54 bits per heavy atom. The number of aldehydes is 1. The molecule has 0 bridgehead atoms. The maximum absolute atomic E-state index is 10.4. The summed E-state index contributed by atoms with van der Waals surface area (Å²) >= 11 is 0. The molecule has 2 rings (SSSR count). The van der Waals surface area contributed by atoms with Crippen molar-refractivity contribution < 1.29 is 9.90 Å². The minimum Gasteiger partial charge on any atom is -0.508 e. The zero-order valence-corrected chi connectivity index (χ0v) is 7.23. The Labute approximate surface area is 76.6 Å². The number of carbonyl (C=O) groups is 1. The van der Waals surface area contributed by atoms with Gasteiger partial charge in [0.25, 0.3) is 0 Å². The van der Waals surface area contributed by atoms with Gasteiger partial charge in [-0.3, -0.25) is 0 Å². The van der Waals surface area contributed by atoms with Crippen molar-refractivity contribution in [2.24, 2.45) is 0 Å². The summed E-state index contributed by atoms with van der Waals surface area (Å²) in [7, 11) is 0. The predicted octanol–water partition coefficient (Wildman–Crippen LogP) is 0.954. The molecule has 3 heteroatoms. The average molecular weight is 177 g/mol. The zero-order chi connectivity index (χ0) is 9.26. The highest BCUT2D eigenvalue weighted by atomic mass is 16.3. The van der Waals surface area contributed by atoms with Crippen molar-refractivity contribution >= 4 is 12.0 Å². The van der Waals surface area contributed by atoms with E-state index in [9.17, 15) is 9.90 Å². The van der Waals surface area contributed by atoms with Crippen molar-refractivity contribution in [2.75, 3.05) is 18.0 Å². The van der Waals surface area contributed by atoms with Crippen LogP contribution < -0.4 is 4.90 Å². The van der Waals surface area contributed by atoms with Crippen molar-refractivity contribution in [3.8, 4) is 5.75 Å². The molecule has 0 amide bonds. The highest BCUT2D eigenvalue weighted by Crippen LogP contribution is 2.30. The van der Waals surface area contributed by atoms with E-state index in [0.717, 1.165) is 24.9 Å². The summed E-state index contributed by atoms with van der Waals surface area (Å²) in [5, 5.41) is 9.27. The monoisotopic (exact) mass is 177 g/mol. The van der Waals surface area contributed by atoms with Crippen LogP contribution in [0, 0.1) is 0 Å². The van der Waals surface area contributed by atoms with Crippen LogP contribution >= 0.6 is 0 Å². The molecule has 1 aromatic rings. The van der Waals surface area contributed by atoms with Gasteiger partial charge < -0.3 is 14.8 Å². The van der Waals surface area contributed by atoms with Gasteiger partial charge in [0.05, 0.1) is 6.54 Å². The van der Waals surface area contributed by atoms with E-state index in [4.69, 9.17) is 0 Å². The molecule has 0 aromatic heterocycles. The van der Waals surface area contributed by atoms with E-state index in [0.29, 0.717) is 6.54 Å². The van der Waals surface area contributed by atoms with Gasteiger partial charge in [-0.2, -0.15) is 0 Å². The van der Waals surface area contributed by atoms with Crippen molar-refractivity contribution in [1.29, 1.82) is 0 Å². The molecule has 3 nitrogen and oxygen atoms in total. The Hall–Kier alpha value is -1.51. The Balaban J connectivity index is 2.34. The lowest BCUT2D eigenvalue weighted by atomic mass is 10.1. The summed E-state index contributed by atoms with van der Waals surface area (Å²) in [6.07, 6.45) is 1.85. The van der Waals surface area contributed by atoms with Crippen LogP contribution in [0.2, 0.25) is 0 Å². The topological polar surface area (TPSA) is 40.5 Å². The first-order chi connectivity index (χ1) is 6.31. The fraction of sp³-hybridized carbons (Fsp3) is 0.300. The van der Waals surface area contributed by atoms with Gasteiger partial charge in [-0.25, -0.2) is 0 Å². The van der Waals surface area contributed by atoms with Gasteiger partial charge in [0.2, 0.25) is 0 Å². The maximum Gasteiger partial charge on any atom is 0.139 e. The lowest BCUT2D eigenvalue weighted by Crippen LogP contribution is -2.22. The molecule has 0 unspecified atom stereocenters. The number of anilines is 1. The Bertz CT molecular complexity index is 336. The molecule has 0 saturated heterocycles. The second-order valence-electron chi connectivity index (χ2n) is 3.18. The van der Waals surface area contributed by atoms with E-state index in [-0.39, 0.29) is 5.75 Å². The third-order valence-corrected chi connectivity index (χ3v) is 2.36. The Kier molecular flexibility index (Phi) is 1.93. The second kappa shape index (κ2) is 3.09. The number of aromatic hydroxyl groups is 1. The molecule has 1 aliphatic rings. The summed E-state index contributed by atoms with van der Waals surface area (Å²) in [5.41, 5.74) is 2.20. The van der Waals surface area contributed by atoms with Crippen LogP contribution in [0.4, 0.5) is 5.69 Å². The molecule has 68 valence electrons. The van der Waals surface area contributed by atoms with Crippen LogP contribution in [-0.4, -0.2) is 24.5 Å². The molecule has 0 spiro atoms. The molecule has 1 N–H and O–H groups in total. The highest BCUT2D eigenvalue weighted by Gasteiger charge is 2.18. The summed E-state index contributed by atoms with van der Waals surface area (Å²) in [4.78, 5) is 12.3. The lowest BCUT2D eigenvalue weighted by Gasteiger charge is -2.15. The fourth-order valence-electron chi connectivity index (χ4n) is 1.71. The van der Waals surface area contributed by atoms with E-state index in [1.54, 1.807) is 12.1 Å². The molecule has 1 heterocycles. The molecule has 0 atom stereocenters. The first-order valence-corrected chi connectivity index (χ1v) is 4.32. The summed E-state index contributed by atoms with van der Waals surface area (Å²) in [5.74, 6) is 0.261. The smallest absolute Gasteiger partial charge is 0.139 e. The van der Waals surface area contributed by atoms with Crippen LogP contribution in [0.25, 0.3) is 0 Å². The number of carbonyl (C=O) groups excluding carboxylic acids is 1. The molecule has 0 fully saturated rings. The van der Waals surface area contributed by atoms with Crippen LogP contribution in [0.1, 0.15) is 5.56 Å². The molecule has 1 aliphatic heterocycles. The first kappa shape index (κ1) is 8.10. The van der Waals surface area contributed by atoms with Crippen molar-refractivity contribution in [3.63, 3.8) is 0 Å². The SMILES string of the molecule is O=CCN1CCc2ccc(O)cc21. The molecule has 0 radical (unpaired) electrons. The Morgan fingerprint density at radius 3 is 3.15 bits per heavy atom. The van der Waals surface area contributed by atoms with Gasteiger partial charge in [0.15, 0.2) is 0 Å². The second-order valence-corrected chi connectivity index (χ2v) is 3.18. The normalized spacial score (nSPS) is 14.3. The van der Waals surface area contributed by atoms with Crippen molar-refractivity contribution in [2.45, 2.75) is 6.42 Å². The average Bonchev–Trinajstić information content (AvgIpc) is 2.49. The number of nitrogens with zero attached hydrogens (tertiary/aromatic N) is 1. The van der Waals surface area contributed by atoms with E-state index in [2.05, 4.69) is 0 Å². The van der Waals surface area contributed by atoms with Crippen LogP contribution in [-0.2, 0) is 11.2 Å². The first-order valence-electron chi connectivity index (χ1n) is 4.32. The lowest BCUT2D eigenvalue weighted by molar-refractivity contribution is -0.106. The number of hydrogen-bond donors (Lipinski definition) is 1. The maximum atomic E-state index is 10.4. The Morgan fingerprint density at radius 2 is 2.38 bits per heavy atom. The van der Waals surface area contributed by atoms with Crippen LogP contribution in [0.3, 0.4) is 0 Å². The van der Waals surface area contributed by atoms with Gasteiger partial charge in [-0.05, 0) is 18.1 Å². The van der Waals surface area contributed by atoms with E-state index in [1.165, 1.54) is 5.56 Å². The zero-order valence-electron chi connectivity index (χ0n) is 7.23. The van der Waals surface area contributed by atoms with Crippen molar-refractivity contribution in [1.82, 2.24) is 0 Å². The molecule has 0 saturated carbocycles. The number of phenolic OH excluding ortho intramolecular Hbond substituents is 1. The fourth-order valence-corrected chi connectivity index (χ4v) is 1.71. The summed E-state index contributed by atoms with van der Waals surface area (Å²) in [6, 6.07) is 5.31. The number of hydrogen-bond acceptors (Lipinski definition) is 3. The quantitative estimate of drug-likeness (QED) is 0.684. The van der Waals surface area contributed by atoms with Crippen molar-refractivity contribution in [3.05, 3.63) is 23.8 Å². The van der Waals surface area contributed by atoms with Gasteiger partial charge in [0, 0.05) is 18.3 Å². The number of rotatable bonds is 2. The molecule has 0 aliphatic carbocycles. The molecular weight excluding hydrogens is 166 g/mol. The third-order valence-electron chi connectivity index (χ3n) is 2.36. The number of benzene rings is 1. The summed E-state index contributed by atoms with van der Waals surface area (Å²) in [6.45, 7) is 1.29. The van der Waals surface area contributed by atoms with Gasteiger partial charge in [-0.15, -0.1) is 0 Å². The standard InChI is InChI=1S/C10H11NO2/c12-6-5-11-4-3-8-1-2-9(13)7-10(8)11/h1-2,6-7,13H,3-5H2. The van der Waals surface area contributed by atoms with E-state index in [1.807, 2.05) is 11.0 Å². The van der Waals surface area contributed by atoms with E-state index >= 15 is 0 Å². The number of fused-ring (bicyclic) bond motifs is 1. The largest absolute Gasteiger partial charge is 0.508 e. The molecule has 13 heavy (non-hydrogen) atoms. The van der Waals surface area contributed by atoms with Crippen LogP contribution in [0.15, 0.2) is 18.2 Å². The van der Waals surface area contributed by atoms with Gasteiger partial charge in [-0.1, -0.05) is 6.07 Å². The van der Waals surface area contributed by atoms with Gasteiger partial charge >= 0.3 is 0 Å². The third kappa shape index (κ3) is 1.37. The van der Waals surface area contributed by atoms with Crippen LogP contribution in [0.5, 0.6) is 5.75 Å². The number of phenols is 1. The van der Waals surface area contributed by atoms with Gasteiger partial charge in [0.1, 0.15) is 12.0 Å². The molecular formula is C10H11NO2. The highest BCUT2D eigenvalue weighted by molar-refractivity contribution is 5.67. The summed E-state index contributed by atoms with van der Waals surface area (Å²) < 4.78 is 0. The van der Waals surface area contributed by atoms with E-state index < -0.39 is 0 Å². The minimum absolute atomic E-state index is 0.261. The minimum atomic E-state index is 0.261. The predicted molar refractivity (Wildman–Crippen MR) is 50.1 cm³/mol.